The fourth-order valence-electron chi connectivity index (χ4n) is 3.64. The number of anilines is 1. The summed E-state index contributed by atoms with van der Waals surface area (Å²) < 4.78 is 0. The largest absolute Gasteiger partial charge is 0.351 e. The molecular weight excluding hydrogens is 384 g/mol. The summed E-state index contributed by atoms with van der Waals surface area (Å²) >= 11 is 6.43. The van der Waals surface area contributed by atoms with E-state index in [4.69, 9.17) is 16.6 Å². The second kappa shape index (κ2) is 8.62. The zero-order chi connectivity index (χ0) is 20.2. The van der Waals surface area contributed by atoms with E-state index >= 15 is 0 Å². The van der Waals surface area contributed by atoms with Gasteiger partial charge in [-0.1, -0.05) is 60.1 Å². The average molecular weight is 407 g/mol. The molecule has 2 aromatic carbocycles. The van der Waals surface area contributed by atoms with Gasteiger partial charge in [0.25, 0.3) is 0 Å². The second-order valence-electron chi connectivity index (χ2n) is 7.26. The van der Waals surface area contributed by atoms with Crippen LogP contribution in [0.25, 0.3) is 22.4 Å². The first-order chi connectivity index (χ1) is 14.1. The van der Waals surface area contributed by atoms with Crippen LogP contribution in [0.4, 0.5) is 5.95 Å². The first-order valence-electron chi connectivity index (χ1n) is 9.80. The first kappa shape index (κ1) is 19.4. The van der Waals surface area contributed by atoms with Crippen LogP contribution in [0, 0.1) is 0 Å². The lowest BCUT2D eigenvalue weighted by Crippen LogP contribution is -2.41. The minimum Gasteiger partial charge on any atom is -0.351 e. The van der Waals surface area contributed by atoms with E-state index in [-0.39, 0.29) is 11.9 Å². The van der Waals surface area contributed by atoms with Gasteiger partial charge in [-0.05, 0) is 30.0 Å². The summed E-state index contributed by atoms with van der Waals surface area (Å²) in [5.41, 5.74) is 3.93. The number of piperidine rings is 1. The van der Waals surface area contributed by atoms with Crippen molar-refractivity contribution in [3.63, 3.8) is 0 Å². The molecule has 6 heteroatoms. The van der Waals surface area contributed by atoms with Crippen LogP contribution in [0.1, 0.15) is 19.8 Å². The van der Waals surface area contributed by atoms with E-state index in [1.165, 1.54) is 0 Å². The highest BCUT2D eigenvalue weighted by Gasteiger charge is 2.21. The lowest BCUT2D eigenvalue weighted by Gasteiger charge is -2.31. The number of aromatic nitrogens is 2. The number of amides is 1. The zero-order valence-electron chi connectivity index (χ0n) is 16.3. The maximum absolute atomic E-state index is 11.5. The molecule has 1 aliphatic heterocycles. The Kier molecular flexibility index (Phi) is 5.76. The molecule has 2 heterocycles. The van der Waals surface area contributed by atoms with Gasteiger partial charge in [0, 0.05) is 31.6 Å². The average Bonchev–Trinajstić information content (AvgIpc) is 2.76. The number of hydrogen-bond donors (Lipinski definition) is 1. The predicted octanol–water partition coefficient (Wildman–Crippen LogP) is 4.89. The molecule has 0 unspecified atom stereocenters. The quantitative estimate of drug-likeness (QED) is 0.670. The molecule has 29 heavy (non-hydrogen) atoms. The first-order valence-corrected chi connectivity index (χ1v) is 10.2. The van der Waals surface area contributed by atoms with Crippen molar-refractivity contribution in [2.24, 2.45) is 0 Å². The van der Waals surface area contributed by atoms with Crippen LogP contribution >= 0.6 is 11.6 Å². The number of benzene rings is 2. The summed E-state index contributed by atoms with van der Waals surface area (Å²) in [6, 6.07) is 18.7. The fourth-order valence-corrected chi connectivity index (χ4v) is 3.84. The van der Waals surface area contributed by atoms with E-state index in [1.807, 2.05) is 35.2 Å². The molecule has 1 saturated heterocycles. The van der Waals surface area contributed by atoms with Crippen LogP contribution in [0.3, 0.4) is 0 Å². The second-order valence-corrected chi connectivity index (χ2v) is 7.67. The van der Waals surface area contributed by atoms with Gasteiger partial charge in [-0.2, -0.15) is 0 Å². The van der Waals surface area contributed by atoms with Crippen molar-refractivity contribution < 1.29 is 4.79 Å². The maximum Gasteiger partial charge on any atom is 0.223 e. The summed E-state index contributed by atoms with van der Waals surface area (Å²) in [5.74, 6) is 0.697. The molecule has 0 bridgehead atoms. The predicted molar refractivity (Wildman–Crippen MR) is 117 cm³/mol. The van der Waals surface area contributed by atoms with Crippen molar-refractivity contribution in [1.29, 1.82) is 0 Å². The summed E-state index contributed by atoms with van der Waals surface area (Å²) in [7, 11) is 0. The Balaban J connectivity index is 1.54. The van der Waals surface area contributed by atoms with E-state index < -0.39 is 0 Å². The molecule has 0 radical (unpaired) electrons. The van der Waals surface area contributed by atoms with E-state index in [0.717, 1.165) is 42.6 Å². The van der Waals surface area contributed by atoms with Gasteiger partial charge >= 0.3 is 0 Å². The van der Waals surface area contributed by atoms with Crippen LogP contribution in [-0.4, -0.2) is 39.9 Å². The van der Waals surface area contributed by atoms with Crippen LogP contribution in [0.5, 0.6) is 0 Å². The molecule has 5 nitrogen and oxygen atoms in total. The maximum atomic E-state index is 11.5. The Hall–Kier alpha value is -2.92. The number of halogens is 1. The summed E-state index contributed by atoms with van der Waals surface area (Å²) in [6.07, 6.45) is 3.40. The Bertz CT molecular complexity index is 1000. The molecule has 0 saturated carbocycles. The molecule has 1 aliphatic rings. The zero-order valence-corrected chi connectivity index (χ0v) is 17.1. The molecule has 1 amide bonds. The minimum atomic E-state index is 0.131. The summed E-state index contributed by atoms with van der Waals surface area (Å²) in [5, 5.41) is 3.93. The highest BCUT2D eigenvalue weighted by atomic mass is 35.5. The van der Waals surface area contributed by atoms with Crippen LogP contribution in [-0.2, 0) is 4.79 Å². The lowest BCUT2D eigenvalue weighted by atomic mass is 10.0. The SMILES string of the molecule is CC(=O)N1CCC(Nc2ncc(Cl)c(-c3cccc(-c4ccccc4)c3)n2)CC1. The molecule has 0 aliphatic carbocycles. The van der Waals surface area contributed by atoms with Gasteiger partial charge in [-0.15, -0.1) is 0 Å². The monoisotopic (exact) mass is 406 g/mol. The van der Waals surface area contributed by atoms with Gasteiger partial charge in [0.15, 0.2) is 0 Å². The van der Waals surface area contributed by atoms with Gasteiger partial charge in [0.05, 0.1) is 16.9 Å². The number of nitrogens with one attached hydrogen (secondary N) is 1. The molecule has 148 valence electrons. The smallest absolute Gasteiger partial charge is 0.223 e. The van der Waals surface area contributed by atoms with Crippen molar-refractivity contribution in [3.8, 4) is 22.4 Å². The highest BCUT2D eigenvalue weighted by molar-refractivity contribution is 6.32. The third kappa shape index (κ3) is 4.57. The van der Waals surface area contributed by atoms with Crippen LogP contribution < -0.4 is 5.32 Å². The molecule has 1 fully saturated rings. The summed E-state index contributed by atoms with van der Waals surface area (Å²) in [6.45, 7) is 3.13. The molecule has 0 spiro atoms. The third-order valence-corrected chi connectivity index (χ3v) is 5.54. The minimum absolute atomic E-state index is 0.131. The number of nitrogens with zero attached hydrogens (tertiary/aromatic N) is 3. The van der Waals surface area contributed by atoms with Crippen LogP contribution in [0.2, 0.25) is 5.02 Å². The Morgan fingerprint density at radius 1 is 1.03 bits per heavy atom. The number of hydrogen-bond acceptors (Lipinski definition) is 4. The van der Waals surface area contributed by atoms with Crippen molar-refractivity contribution in [2.75, 3.05) is 18.4 Å². The Morgan fingerprint density at radius 2 is 1.72 bits per heavy atom. The van der Waals surface area contributed by atoms with Crippen molar-refractivity contribution in [1.82, 2.24) is 14.9 Å². The Morgan fingerprint density at radius 3 is 2.45 bits per heavy atom. The molecule has 0 atom stereocenters. The third-order valence-electron chi connectivity index (χ3n) is 5.26. The van der Waals surface area contributed by atoms with Gasteiger partial charge in [0.1, 0.15) is 0 Å². The number of rotatable bonds is 4. The van der Waals surface area contributed by atoms with Gasteiger partial charge < -0.3 is 10.2 Å². The van der Waals surface area contributed by atoms with Gasteiger partial charge in [0.2, 0.25) is 11.9 Å². The number of likely N-dealkylation sites (tertiary alicyclic amines) is 1. The van der Waals surface area contributed by atoms with Gasteiger partial charge in [-0.3, -0.25) is 4.79 Å². The van der Waals surface area contributed by atoms with Crippen LogP contribution in [0.15, 0.2) is 60.8 Å². The molecule has 1 aromatic heterocycles. The van der Waals surface area contributed by atoms with E-state index in [2.05, 4.69) is 34.6 Å². The molecule has 3 aromatic rings. The van der Waals surface area contributed by atoms with Crippen molar-refractivity contribution >= 4 is 23.5 Å². The summed E-state index contributed by atoms with van der Waals surface area (Å²) in [4.78, 5) is 22.4. The normalized spacial score (nSPS) is 14.6. The topological polar surface area (TPSA) is 58.1 Å². The van der Waals surface area contributed by atoms with E-state index in [0.29, 0.717) is 16.7 Å². The number of carbonyl (C=O) groups is 1. The van der Waals surface area contributed by atoms with E-state index in [9.17, 15) is 4.79 Å². The fraction of sp³-hybridized carbons (Fsp3) is 0.261. The molecule has 4 rings (SSSR count). The standard InChI is InChI=1S/C23H23ClN4O/c1-16(29)28-12-10-20(11-13-28)26-23-25-15-21(24)22(27-23)19-9-5-8-18(14-19)17-6-3-2-4-7-17/h2-9,14-15,20H,10-13H2,1H3,(H,25,26,27). The van der Waals surface area contributed by atoms with E-state index in [1.54, 1.807) is 13.1 Å². The highest BCUT2D eigenvalue weighted by Crippen LogP contribution is 2.30. The molecular formula is C23H23ClN4O. The molecule has 1 N–H and O–H groups in total. The lowest BCUT2D eigenvalue weighted by molar-refractivity contribution is -0.129. The Labute approximate surface area is 175 Å². The van der Waals surface area contributed by atoms with Crippen molar-refractivity contribution in [2.45, 2.75) is 25.8 Å². The number of carbonyl (C=O) groups excluding carboxylic acids is 1. The van der Waals surface area contributed by atoms with Crippen molar-refractivity contribution in [3.05, 3.63) is 65.8 Å². The van der Waals surface area contributed by atoms with Gasteiger partial charge in [-0.25, -0.2) is 9.97 Å².